The van der Waals surface area contributed by atoms with Crippen LogP contribution < -0.4 is 0 Å². The number of carbonyl (C=O) groups is 1. The molecule has 0 fully saturated rings. The number of para-hydroxylation sites is 1. The molecular weight excluding hydrogens is 364 g/mol. The number of aryl methyl sites for hydroxylation is 1. The highest BCUT2D eigenvalue weighted by atomic mass is 16.4. The molecule has 150 valence electrons. The molecule has 3 aromatic rings. The number of aromatic carboxylic acids is 1. The molecule has 0 bridgehead atoms. The number of aromatic nitrogens is 1. The van der Waals surface area contributed by atoms with Crippen molar-refractivity contribution in [2.75, 3.05) is 19.6 Å². The molecule has 0 unspecified atom stereocenters. The zero-order chi connectivity index (χ0) is 20.2. The Hall–Kier alpha value is -3.05. The smallest absolute Gasteiger partial charge is 0.335 e. The highest BCUT2D eigenvalue weighted by Crippen LogP contribution is 2.29. The first-order valence-corrected chi connectivity index (χ1v) is 10.1. The molecule has 1 aliphatic rings. The molecule has 0 spiro atoms. The molecule has 2 aromatic carbocycles. The lowest BCUT2D eigenvalue weighted by Crippen LogP contribution is -2.29. The van der Waals surface area contributed by atoms with Crippen LogP contribution in [-0.4, -0.2) is 45.7 Å². The number of aromatic amines is 1. The summed E-state index contributed by atoms with van der Waals surface area (Å²) in [4.78, 5) is 16.9. The summed E-state index contributed by atoms with van der Waals surface area (Å²) in [5.74, 6) is -0.530. The lowest BCUT2D eigenvalue weighted by molar-refractivity contribution is 0.0697. The van der Waals surface area contributed by atoms with E-state index in [2.05, 4.69) is 16.0 Å². The molecule has 1 aromatic heterocycles. The van der Waals surface area contributed by atoms with Gasteiger partial charge in [0.1, 0.15) is 5.75 Å². The van der Waals surface area contributed by atoms with E-state index >= 15 is 0 Å². The first-order valence-electron chi connectivity index (χ1n) is 10.1. The minimum atomic E-state index is -0.889. The van der Waals surface area contributed by atoms with Crippen molar-refractivity contribution in [1.82, 2.24) is 9.88 Å². The van der Waals surface area contributed by atoms with Crippen molar-refractivity contribution in [3.05, 3.63) is 71.4 Å². The average molecular weight is 390 g/mol. The minimum Gasteiger partial charge on any atom is -0.507 e. The van der Waals surface area contributed by atoms with Crippen LogP contribution in [0.3, 0.4) is 0 Å². The van der Waals surface area contributed by atoms with Crippen molar-refractivity contribution in [1.29, 1.82) is 0 Å². The molecule has 0 radical (unpaired) electrons. The number of H-pyrrole nitrogens is 1. The second-order valence-electron chi connectivity index (χ2n) is 7.63. The van der Waals surface area contributed by atoms with Gasteiger partial charge in [0.25, 0.3) is 0 Å². The van der Waals surface area contributed by atoms with E-state index in [0.29, 0.717) is 11.3 Å². The Kier molecular flexibility index (Phi) is 5.67. The standard InChI is InChI=1S/C24H26N2O3/c27-23-7-2-1-6-20(23)17-10-13-26(14-11-17)12-4-3-5-19-16-25-22-9-8-18(24(28)29)15-21(19)22/h1-2,6-10,15-16,25,27H,3-5,11-14H2,(H,28,29). The number of phenolic OH excluding ortho intramolecular Hbond substituents is 1. The maximum atomic E-state index is 11.2. The van der Waals surface area contributed by atoms with Crippen LogP contribution in [0.5, 0.6) is 5.75 Å². The zero-order valence-electron chi connectivity index (χ0n) is 16.4. The summed E-state index contributed by atoms with van der Waals surface area (Å²) in [5, 5.41) is 20.2. The summed E-state index contributed by atoms with van der Waals surface area (Å²) in [6, 6.07) is 12.8. The van der Waals surface area contributed by atoms with Gasteiger partial charge in [-0.15, -0.1) is 0 Å². The van der Waals surface area contributed by atoms with Gasteiger partial charge in [0.15, 0.2) is 0 Å². The van der Waals surface area contributed by atoms with E-state index in [0.717, 1.165) is 61.8 Å². The number of unbranched alkanes of at least 4 members (excludes halogenated alkanes) is 1. The Morgan fingerprint density at radius 1 is 1.14 bits per heavy atom. The van der Waals surface area contributed by atoms with Crippen LogP contribution in [0, 0.1) is 0 Å². The Balaban J connectivity index is 1.29. The van der Waals surface area contributed by atoms with E-state index < -0.39 is 5.97 Å². The quantitative estimate of drug-likeness (QED) is 0.512. The van der Waals surface area contributed by atoms with Gasteiger partial charge in [-0.1, -0.05) is 24.3 Å². The van der Waals surface area contributed by atoms with Crippen LogP contribution in [0.15, 0.2) is 54.7 Å². The number of benzene rings is 2. The second kappa shape index (κ2) is 8.53. The minimum absolute atomic E-state index is 0.332. The first-order chi connectivity index (χ1) is 14.1. The van der Waals surface area contributed by atoms with Crippen molar-refractivity contribution in [3.63, 3.8) is 0 Å². The molecule has 3 N–H and O–H groups in total. The van der Waals surface area contributed by atoms with Crippen molar-refractivity contribution in [2.24, 2.45) is 0 Å². The van der Waals surface area contributed by atoms with Gasteiger partial charge in [0.2, 0.25) is 0 Å². The predicted octanol–water partition coefficient (Wildman–Crippen LogP) is 4.68. The molecule has 0 amide bonds. The van der Waals surface area contributed by atoms with Crippen LogP contribution in [0.2, 0.25) is 0 Å². The molecule has 2 heterocycles. The van der Waals surface area contributed by atoms with Gasteiger partial charge in [0, 0.05) is 35.8 Å². The lowest BCUT2D eigenvalue weighted by Gasteiger charge is -2.26. The molecular formula is C24H26N2O3. The summed E-state index contributed by atoms with van der Waals surface area (Å²) >= 11 is 0. The molecule has 5 heteroatoms. The Morgan fingerprint density at radius 3 is 2.76 bits per heavy atom. The number of nitrogens with zero attached hydrogens (tertiary/aromatic N) is 1. The predicted molar refractivity (Wildman–Crippen MR) is 115 cm³/mol. The van der Waals surface area contributed by atoms with Crippen LogP contribution >= 0.6 is 0 Å². The average Bonchev–Trinajstić information content (AvgIpc) is 3.14. The number of nitrogens with one attached hydrogen (secondary N) is 1. The van der Waals surface area contributed by atoms with Gasteiger partial charge in [0.05, 0.1) is 5.56 Å². The highest BCUT2D eigenvalue weighted by Gasteiger charge is 2.15. The topological polar surface area (TPSA) is 76.6 Å². The molecule has 0 atom stereocenters. The maximum Gasteiger partial charge on any atom is 0.335 e. The van der Waals surface area contributed by atoms with E-state index in [1.54, 1.807) is 18.2 Å². The summed E-state index contributed by atoms with van der Waals surface area (Å²) in [7, 11) is 0. The number of aromatic hydroxyl groups is 1. The molecule has 4 rings (SSSR count). The fourth-order valence-electron chi connectivity index (χ4n) is 4.07. The molecule has 0 aliphatic carbocycles. The highest BCUT2D eigenvalue weighted by molar-refractivity contribution is 5.94. The summed E-state index contributed by atoms with van der Waals surface area (Å²) in [6.45, 7) is 2.97. The number of rotatable bonds is 7. The third-order valence-corrected chi connectivity index (χ3v) is 5.73. The Labute approximate surface area is 170 Å². The summed E-state index contributed by atoms with van der Waals surface area (Å²) < 4.78 is 0. The zero-order valence-corrected chi connectivity index (χ0v) is 16.4. The molecule has 1 aliphatic heterocycles. The van der Waals surface area contributed by atoms with Gasteiger partial charge < -0.3 is 15.2 Å². The largest absolute Gasteiger partial charge is 0.507 e. The molecule has 0 saturated carbocycles. The van der Waals surface area contributed by atoms with Crippen LogP contribution in [0.1, 0.15) is 40.7 Å². The first kappa shape index (κ1) is 19.3. The van der Waals surface area contributed by atoms with E-state index in [-0.39, 0.29) is 0 Å². The number of hydrogen-bond donors (Lipinski definition) is 3. The van der Waals surface area contributed by atoms with E-state index in [4.69, 9.17) is 0 Å². The van der Waals surface area contributed by atoms with Crippen molar-refractivity contribution >= 4 is 22.4 Å². The Bertz CT molecular complexity index is 1050. The SMILES string of the molecule is O=C(O)c1ccc2[nH]cc(CCCCN3CC=C(c4ccccc4O)CC3)c2c1. The monoisotopic (exact) mass is 390 g/mol. The van der Waals surface area contributed by atoms with Crippen LogP contribution in [0.25, 0.3) is 16.5 Å². The van der Waals surface area contributed by atoms with Crippen LogP contribution in [0.4, 0.5) is 0 Å². The molecule has 5 nitrogen and oxygen atoms in total. The Morgan fingerprint density at radius 2 is 2.00 bits per heavy atom. The van der Waals surface area contributed by atoms with E-state index in [9.17, 15) is 15.0 Å². The third kappa shape index (κ3) is 4.35. The van der Waals surface area contributed by atoms with Gasteiger partial charge in [-0.3, -0.25) is 4.90 Å². The second-order valence-corrected chi connectivity index (χ2v) is 7.63. The van der Waals surface area contributed by atoms with E-state index in [1.165, 1.54) is 11.1 Å². The van der Waals surface area contributed by atoms with Crippen LogP contribution in [-0.2, 0) is 6.42 Å². The number of carboxylic acids is 1. The number of phenols is 1. The third-order valence-electron chi connectivity index (χ3n) is 5.73. The fourth-order valence-corrected chi connectivity index (χ4v) is 4.07. The number of hydrogen-bond acceptors (Lipinski definition) is 3. The van der Waals surface area contributed by atoms with Gasteiger partial charge in [-0.2, -0.15) is 0 Å². The van der Waals surface area contributed by atoms with Gasteiger partial charge in [-0.05, 0) is 67.6 Å². The van der Waals surface area contributed by atoms with Crippen molar-refractivity contribution < 1.29 is 15.0 Å². The normalized spacial score (nSPS) is 14.8. The maximum absolute atomic E-state index is 11.2. The molecule has 0 saturated heterocycles. The lowest BCUT2D eigenvalue weighted by atomic mass is 9.98. The van der Waals surface area contributed by atoms with Crippen molar-refractivity contribution in [2.45, 2.75) is 25.7 Å². The fraction of sp³-hybridized carbons (Fsp3) is 0.292. The number of carboxylic acid groups (broad SMARTS) is 1. The van der Waals surface area contributed by atoms with E-state index in [1.807, 2.05) is 30.5 Å². The summed E-state index contributed by atoms with van der Waals surface area (Å²) in [6.07, 6.45) is 8.29. The van der Waals surface area contributed by atoms with Gasteiger partial charge >= 0.3 is 5.97 Å². The van der Waals surface area contributed by atoms with Crippen molar-refractivity contribution in [3.8, 4) is 5.75 Å². The molecule has 29 heavy (non-hydrogen) atoms. The summed E-state index contributed by atoms with van der Waals surface area (Å²) in [5.41, 5.74) is 4.68. The number of fused-ring (bicyclic) bond motifs is 1. The van der Waals surface area contributed by atoms with Gasteiger partial charge in [-0.25, -0.2) is 4.79 Å².